The lowest BCUT2D eigenvalue weighted by atomic mass is 10.1. The van der Waals surface area contributed by atoms with Crippen molar-refractivity contribution in [1.82, 2.24) is 4.90 Å². The zero-order valence-electron chi connectivity index (χ0n) is 14.0. The highest BCUT2D eigenvalue weighted by molar-refractivity contribution is 5.91. The van der Waals surface area contributed by atoms with Crippen LogP contribution in [-0.2, 0) is 11.3 Å². The lowest BCUT2D eigenvalue weighted by Gasteiger charge is -2.17. The maximum Gasteiger partial charge on any atom is 0.270 e. The summed E-state index contributed by atoms with van der Waals surface area (Å²) in [4.78, 5) is 24.2. The first-order chi connectivity index (χ1) is 11.4. The fourth-order valence-corrected chi connectivity index (χ4v) is 2.39. The lowest BCUT2D eigenvalue weighted by molar-refractivity contribution is -0.384. The lowest BCUT2D eigenvalue weighted by Crippen LogP contribution is -2.24. The van der Waals surface area contributed by atoms with Gasteiger partial charge < -0.3 is 4.90 Å². The number of likely N-dealkylation sites (N-methyl/N-ethyl adjacent to an activating group) is 1. The van der Waals surface area contributed by atoms with Crippen LogP contribution in [0.15, 0.2) is 48.5 Å². The zero-order chi connectivity index (χ0) is 17.7. The zero-order valence-corrected chi connectivity index (χ0v) is 14.0. The first-order valence-electron chi connectivity index (χ1n) is 7.60. The van der Waals surface area contributed by atoms with E-state index < -0.39 is 4.92 Å². The fraction of sp³-hybridized carbons (Fsp3) is 0.211. The van der Waals surface area contributed by atoms with E-state index in [-0.39, 0.29) is 11.6 Å². The third-order valence-corrected chi connectivity index (χ3v) is 3.78. The van der Waals surface area contributed by atoms with Crippen LogP contribution >= 0.6 is 0 Å². The summed E-state index contributed by atoms with van der Waals surface area (Å²) in [5, 5.41) is 10.8. The maximum atomic E-state index is 12.2. The Kier molecular flexibility index (Phi) is 5.47. The average molecular weight is 324 g/mol. The van der Waals surface area contributed by atoms with Gasteiger partial charge in [0.05, 0.1) is 4.92 Å². The van der Waals surface area contributed by atoms with E-state index in [2.05, 4.69) is 6.07 Å². The number of aryl methyl sites for hydroxylation is 2. The van der Waals surface area contributed by atoms with Gasteiger partial charge in [-0.3, -0.25) is 14.9 Å². The van der Waals surface area contributed by atoms with Crippen LogP contribution in [-0.4, -0.2) is 22.8 Å². The molecule has 0 spiro atoms. The van der Waals surface area contributed by atoms with Crippen LogP contribution in [0.3, 0.4) is 0 Å². The number of rotatable bonds is 5. The van der Waals surface area contributed by atoms with Gasteiger partial charge in [0.25, 0.3) is 5.69 Å². The van der Waals surface area contributed by atoms with Gasteiger partial charge in [-0.25, -0.2) is 0 Å². The second kappa shape index (κ2) is 7.55. The van der Waals surface area contributed by atoms with E-state index in [0.29, 0.717) is 12.1 Å². The molecule has 0 fully saturated rings. The van der Waals surface area contributed by atoms with Gasteiger partial charge in [-0.15, -0.1) is 0 Å². The highest BCUT2D eigenvalue weighted by atomic mass is 16.6. The highest BCUT2D eigenvalue weighted by Gasteiger charge is 2.08. The second-order valence-corrected chi connectivity index (χ2v) is 5.81. The molecular formula is C19H20N2O3. The molecule has 5 heteroatoms. The summed E-state index contributed by atoms with van der Waals surface area (Å²) in [7, 11) is 1.74. The quantitative estimate of drug-likeness (QED) is 0.476. The van der Waals surface area contributed by atoms with Crippen LogP contribution in [0.25, 0.3) is 6.08 Å². The molecule has 0 aliphatic heterocycles. The van der Waals surface area contributed by atoms with E-state index in [9.17, 15) is 14.9 Å². The largest absolute Gasteiger partial charge is 0.338 e. The van der Waals surface area contributed by atoms with Crippen LogP contribution in [0.4, 0.5) is 5.69 Å². The van der Waals surface area contributed by atoms with Crippen LogP contribution in [0.1, 0.15) is 22.3 Å². The van der Waals surface area contributed by atoms with Gasteiger partial charge in [0.15, 0.2) is 0 Å². The molecule has 0 N–H and O–H groups in total. The molecule has 0 aromatic heterocycles. The number of nitrogens with zero attached hydrogens (tertiary/aromatic N) is 2. The van der Waals surface area contributed by atoms with Gasteiger partial charge in [0.1, 0.15) is 0 Å². The molecule has 0 aliphatic carbocycles. The SMILES string of the molecule is Cc1ccc(CN(C)C(=O)/C=C/c2cccc([N+](=O)[O-])c2)c(C)c1. The van der Waals surface area contributed by atoms with Gasteiger partial charge >= 0.3 is 0 Å². The number of hydrogen-bond acceptors (Lipinski definition) is 3. The molecule has 124 valence electrons. The number of hydrogen-bond donors (Lipinski definition) is 0. The molecule has 0 bridgehead atoms. The van der Waals surface area contributed by atoms with Crippen molar-refractivity contribution in [3.8, 4) is 0 Å². The fourth-order valence-electron chi connectivity index (χ4n) is 2.39. The summed E-state index contributed by atoms with van der Waals surface area (Å²) in [5.41, 5.74) is 4.07. The van der Waals surface area contributed by atoms with E-state index >= 15 is 0 Å². The second-order valence-electron chi connectivity index (χ2n) is 5.81. The molecule has 2 aromatic carbocycles. The van der Waals surface area contributed by atoms with Crippen molar-refractivity contribution in [3.63, 3.8) is 0 Å². The summed E-state index contributed by atoms with van der Waals surface area (Å²) < 4.78 is 0. The number of nitro benzene ring substituents is 1. The van der Waals surface area contributed by atoms with Gasteiger partial charge in [-0.1, -0.05) is 35.9 Å². The number of carbonyl (C=O) groups is 1. The summed E-state index contributed by atoms with van der Waals surface area (Å²) >= 11 is 0. The molecule has 0 unspecified atom stereocenters. The summed E-state index contributed by atoms with van der Waals surface area (Å²) in [6.45, 7) is 4.58. The minimum Gasteiger partial charge on any atom is -0.338 e. The van der Waals surface area contributed by atoms with Crippen molar-refractivity contribution >= 4 is 17.7 Å². The van der Waals surface area contributed by atoms with Gasteiger partial charge in [-0.2, -0.15) is 0 Å². The minimum atomic E-state index is -0.453. The topological polar surface area (TPSA) is 63.5 Å². The van der Waals surface area contributed by atoms with Crippen molar-refractivity contribution in [3.05, 3.63) is 80.9 Å². The molecule has 0 saturated carbocycles. The predicted molar refractivity (Wildman–Crippen MR) is 94.5 cm³/mol. The molecule has 0 aliphatic rings. The van der Waals surface area contributed by atoms with Crippen LogP contribution in [0.2, 0.25) is 0 Å². The van der Waals surface area contributed by atoms with Gasteiger partial charge in [0, 0.05) is 31.8 Å². The van der Waals surface area contributed by atoms with Crippen LogP contribution in [0, 0.1) is 24.0 Å². The molecule has 24 heavy (non-hydrogen) atoms. The summed E-state index contributed by atoms with van der Waals surface area (Å²) in [5.74, 6) is -0.151. The smallest absolute Gasteiger partial charge is 0.270 e. The molecule has 5 nitrogen and oxygen atoms in total. The normalized spacial score (nSPS) is 10.8. The number of amides is 1. The molecule has 0 atom stereocenters. The van der Waals surface area contributed by atoms with Crippen LogP contribution in [0.5, 0.6) is 0 Å². The highest BCUT2D eigenvalue weighted by Crippen LogP contribution is 2.15. The van der Waals surface area contributed by atoms with Crippen molar-refractivity contribution in [2.24, 2.45) is 0 Å². The van der Waals surface area contributed by atoms with Gasteiger partial charge in [0.2, 0.25) is 5.91 Å². The number of nitro groups is 1. The predicted octanol–water partition coefficient (Wildman–Crippen LogP) is 3.88. The van der Waals surface area contributed by atoms with E-state index in [1.807, 2.05) is 26.0 Å². The average Bonchev–Trinajstić information content (AvgIpc) is 2.55. The Bertz CT molecular complexity index is 797. The van der Waals surface area contributed by atoms with Crippen molar-refractivity contribution in [2.45, 2.75) is 20.4 Å². The molecule has 0 radical (unpaired) electrons. The number of carbonyl (C=O) groups excluding carboxylic acids is 1. The Labute approximate surface area is 141 Å². The number of non-ortho nitro benzene ring substituents is 1. The van der Waals surface area contributed by atoms with E-state index in [0.717, 1.165) is 11.1 Å². The van der Waals surface area contributed by atoms with Gasteiger partial charge in [-0.05, 0) is 36.6 Å². The van der Waals surface area contributed by atoms with Crippen LogP contribution < -0.4 is 0 Å². The molecule has 0 saturated heterocycles. The summed E-state index contributed by atoms with van der Waals surface area (Å²) in [6.07, 6.45) is 3.02. The Balaban J connectivity index is 2.05. The Morgan fingerprint density at radius 3 is 2.62 bits per heavy atom. The van der Waals surface area contributed by atoms with E-state index in [4.69, 9.17) is 0 Å². The summed E-state index contributed by atoms with van der Waals surface area (Å²) in [6, 6.07) is 12.3. The Hall–Kier alpha value is -2.95. The van der Waals surface area contributed by atoms with Crippen molar-refractivity contribution < 1.29 is 9.72 Å². The standard InChI is InChI=1S/C19H20N2O3/c1-14-7-9-17(15(2)11-14)13-20(3)19(22)10-8-16-5-4-6-18(12-16)21(23)24/h4-12H,13H2,1-3H3/b10-8+. The monoisotopic (exact) mass is 324 g/mol. The first kappa shape index (κ1) is 17.4. The van der Waals surface area contributed by atoms with E-state index in [1.165, 1.54) is 23.8 Å². The maximum absolute atomic E-state index is 12.2. The minimum absolute atomic E-state index is 0.00762. The first-order valence-corrected chi connectivity index (χ1v) is 7.60. The third kappa shape index (κ3) is 4.52. The number of benzene rings is 2. The molecule has 0 heterocycles. The molecule has 1 amide bonds. The third-order valence-electron chi connectivity index (χ3n) is 3.78. The molecular weight excluding hydrogens is 304 g/mol. The van der Waals surface area contributed by atoms with Crippen molar-refractivity contribution in [2.75, 3.05) is 7.05 Å². The Morgan fingerprint density at radius 1 is 1.21 bits per heavy atom. The van der Waals surface area contributed by atoms with Crippen molar-refractivity contribution in [1.29, 1.82) is 0 Å². The van der Waals surface area contributed by atoms with E-state index in [1.54, 1.807) is 30.2 Å². The molecule has 2 rings (SSSR count). The molecule has 2 aromatic rings. The Morgan fingerprint density at radius 2 is 1.96 bits per heavy atom.